The second-order valence-corrected chi connectivity index (χ2v) is 7.30. The molecule has 0 saturated heterocycles. The molecule has 0 bridgehead atoms. The molecule has 1 unspecified atom stereocenters. The van der Waals surface area contributed by atoms with Crippen molar-refractivity contribution in [3.05, 3.63) is 61.7 Å². The van der Waals surface area contributed by atoms with E-state index in [9.17, 15) is 15.0 Å². The van der Waals surface area contributed by atoms with Gasteiger partial charge in [0.15, 0.2) is 5.78 Å². The van der Waals surface area contributed by atoms with E-state index in [1.807, 2.05) is 6.92 Å². The Bertz CT molecular complexity index is 934. The number of furan rings is 1. The van der Waals surface area contributed by atoms with Gasteiger partial charge in [-0.15, -0.1) is 0 Å². The Balaban J connectivity index is 2.24. The number of phenolic OH excluding ortho intramolecular Hbond substituents is 1. The Labute approximate surface area is 155 Å². The SMILES string of the molecule is Cc1c(Br)cc(C(=O)c2c(C(C)O)oc3cc(O)ccc23)cc1Br. The zero-order chi connectivity index (χ0) is 17.6. The Morgan fingerprint density at radius 1 is 1.17 bits per heavy atom. The Kier molecular flexibility index (Phi) is 4.55. The molecule has 1 atom stereocenters. The number of hydrogen-bond donors (Lipinski definition) is 2. The van der Waals surface area contributed by atoms with Crippen molar-refractivity contribution < 1.29 is 19.4 Å². The van der Waals surface area contributed by atoms with Crippen molar-refractivity contribution in [2.24, 2.45) is 0 Å². The second kappa shape index (κ2) is 6.35. The highest BCUT2D eigenvalue weighted by molar-refractivity contribution is 9.11. The van der Waals surface area contributed by atoms with Crippen LogP contribution in [0.5, 0.6) is 5.75 Å². The van der Waals surface area contributed by atoms with Crippen molar-refractivity contribution in [3.8, 4) is 5.75 Å². The van der Waals surface area contributed by atoms with Crippen LogP contribution in [0.2, 0.25) is 0 Å². The maximum atomic E-state index is 13.1. The molecular weight excluding hydrogens is 440 g/mol. The van der Waals surface area contributed by atoms with Gasteiger partial charge < -0.3 is 14.6 Å². The Morgan fingerprint density at radius 3 is 2.38 bits per heavy atom. The summed E-state index contributed by atoms with van der Waals surface area (Å²) < 4.78 is 7.23. The van der Waals surface area contributed by atoms with Crippen LogP contribution in [-0.4, -0.2) is 16.0 Å². The summed E-state index contributed by atoms with van der Waals surface area (Å²) in [6.07, 6.45) is -0.948. The largest absolute Gasteiger partial charge is 0.508 e. The number of aliphatic hydroxyl groups excluding tert-OH is 1. The normalized spacial score (nSPS) is 12.5. The van der Waals surface area contributed by atoms with E-state index in [0.29, 0.717) is 22.1 Å². The molecule has 2 aromatic carbocycles. The van der Waals surface area contributed by atoms with E-state index in [4.69, 9.17) is 4.42 Å². The summed E-state index contributed by atoms with van der Waals surface area (Å²) in [7, 11) is 0. The average molecular weight is 454 g/mol. The van der Waals surface area contributed by atoms with E-state index in [1.54, 1.807) is 18.2 Å². The highest BCUT2D eigenvalue weighted by Gasteiger charge is 2.25. The van der Waals surface area contributed by atoms with Crippen LogP contribution in [0.15, 0.2) is 43.7 Å². The molecule has 3 aromatic rings. The van der Waals surface area contributed by atoms with E-state index >= 15 is 0 Å². The minimum atomic E-state index is -0.948. The van der Waals surface area contributed by atoms with Gasteiger partial charge in [0.2, 0.25) is 0 Å². The summed E-state index contributed by atoms with van der Waals surface area (Å²) in [6.45, 7) is 3.47. The highest BCUT2D eigenvalue weighted by Crippen LogP contribution is 2.35. The van der Waals surface area contributed by atoms with E-state index in [1.165, 1.54) is 19.1 Å². The summed E-state index contributed by atoms with van der Waals surface area (Å²) in [6, 6.07) is 8.02. The number of fused-ring (bicyclic) bond motifs is 1. The third-order valence-electron chi connectivity index (χ3n) is 3.85. The third-order valence-corrected chi connectivity index (χ3v) is 5.50. The lowest BCUT2D eigenvalue weighted by atomic mass is 9.98. The number of carbonyl (C=O) groups excluding carboxylic acids is 1. The lowest BCUT2D eigenvalue weighted by molar-refractivity contribution is 0.102. The van der Waals surface area contributed by atoms with Gasteiger partial charge in [-0.25, -0.2) is 0 Å². The van der Waals surface area contributed by atoms with Gasteiger partial charge in [-0.2, -0.15) is 0 Å². The molecular formula is C18H14Br2O4. The van der Waals surface area contributed by atoms with Gasteiger partial charge >= 0.3 is 0 Å². The first kappa shape index (κ1) is 17.2. The van der Waals surface area contributed by atoms with Gasteiger partial charge in [0.1, 0.15) is 23.2 Å². The fourth-order valence-corrected chi connectivity index (χ4v) is 3.74. The molecule has 4 nitrogen and oxygen atoms in total. The number of phenols is 1. The summed E-state index contributed by atoms with van der Waals surface area (Å²) in [5.74, 6) is -0.0293. The predicted octanol–water partition coefficient (Wildman–Crippen LogP) is 5.26. The van der Waals surface area contributed by atoms with Crippen molar-refractivity contribution in [1.29, 1.82) is 0 Å². The van der Waals surface area contributed by atoms with E-state index in [2.05, 4.69) is 31.9 Å². The summed E-state index contributed by atoms with van der Waals surface area (Å²) in [4.78, 5) is 13.1. The van der Waals surface area contributed by atoms with Crippen molar-refractivity contribution in [2.75, 3.05) is 0 Å². The van der Waals surface area contributed by atoms with Gasteiger partial charge in [-0.1, -0.05) is 31.9 Å². The van der Waals surface area contributed by atoms with Crippen molar-refractivity contribution in [3.63, 3.8) is 0 Å². The topological polar surface area (TPSA) is 70.7 Å². The van der Waals surface area contributed by atoms with Gasteiger partial charge in [0.25, 0.3) is 0 Å². The fourth-order valence-electron chi connectivity index (χ4n) is 2.55. The van der Waals surface area contributed by atoms with Crippen LogP contribution in [0.25, 0.3) is 11.0 Å². The zero-order valence-electron chi connectivity index (χ0n) is 12.9. The molecule has 124 valence electrons. The summed E-state index contributed by atoms with van der Waals surface area (Å²) in [5.41, 5.74) is 2.13. The van der Waals surface area contributed by atoms with Crippen LogP contribution in [0.4, 0.5) is 0 Å². The molecule has 1 aromatic heterocycles. The summed E-state index contributed by atoms with van der Waals surface area (Å²) >= 11 is 6.89. The van der Waals surface area contributed by atoms with Crippen LogP contribution in [0, 0.1) is 6.92 Å². The number of rotatable bonds is 3. The van der Waals surface area contributed by atoms with Gasteiger partial charge in [-0.3, -0.25) is 4.79 Å². The number of aromatic hydroxyl groups is 1. The third kappa shape index (κ3) is 2.90. The minimum absolute atomic E-state index is 0.0354. The Morgan fingerprint density at radius 2 is 1.79 bits per heavy atom. The van der Waals surface area contributed by atoms with Crippen LogP contribution in [0.1, 0.15) is 40.3 Å². The molecule has 3 rings (SSSR count). The van der Waals surface area contributed by atoms with E-state index in [-0.39, 0.29) is 17.3 Å². The molecule has 0 radical (unpaired) electrons. The molecule has 6 heteroatoms. The number of hydrogen-bond acceptors (Lipinski definition) is 4. The first-order valence-corrected chi connectivity index (χ1v) is 8.82. The van der Waals surface area contributed by atoms with Gasteiger partial charge in [0.05, 0.1) is 5.56 Å². The highest BCUT2D eigenvalue weighted by atomic mass is 79.9. The van der Waals surface area contributed by atoms with Crippen molar-refractivity contribution >= 4 is 48.6 Å². The molecule has 0 spiro atoms. The maximum absolute atomic E-state index is 13.1. The predicted molar refractivity (Wildman–Crippen MR) is 98.5 cm³/mol. The van der Waals surface area contributed by atoms with E-state index < -0.39 is 6.10 Å². The summed E-state index contributed by atoms with van der Waals surface area (Å²) in [5, 5.41) is 20.2. The van der Waals surface area contributed by atoms with Crippen LogP contribution in [0.3, 0.4) is 0 Å². The molecule has 0 aliphatic rings. The smallest absolute Gasteiger partial charge is 0.197 e. The number of carbonyl (C=O) groups is 1. The van der Waals surface area contributed by atoms with Crippen LogP contribution in [-0.2, 0) is 0 Å². The number of ketones is 1. The zero-order valence-corrected chi connectivity index (χ0v) is 16.1. The quantitative estimate of drug-likeness (QED) is 0.531. The molecule has 0 amide bonds. The lowest BCUT2D eigenvalue weighted by Gasteiger charge is -2.08. The van der Waals surface area contributed by atoms with E-state index in [0.717, 1.165) is 14.5 Å². The molecule has 0 aliphatic carbocycles. The molecule has 1 heterocycles. The van der Waals surface area contributed by atoms with Crippen LogP contribution < -0.4 is 0 Å². The van der Waals surface area contributed by atoms with Crippen LogP contribution >= 0.6 is 31.9 Å². The Hall–Kier alpha value is -1.63. The number of halogens is 2. The molecule has 0 fully saturated rings. The molecule has 24 heavy (non-hydrogen) atoms. The first-order chi connectivity index (χ1) is 11.3. The fraction of sp³-hybridized carbons (Fsp3) is 0.167. The monoisotopic (exact) mass is 452 g/mol. The van der Waals surface area contributed by atoms with Crippen molar-refractivity contribution in [2.45, 2.75) is 20.0 Å². The average Bonchev–Trinajstić information content (AvgIpc) is 2.90. The standard InChI is InChI=1S/C18H14Br2O4/c1-8-13(19)5-10(6-14(8)20)17(23)16-12-4-3-11(22)7-15(12)24-18(16)9(2)21/h3-7,9,21-22H,1-2H3. The molecule has 2 N–H and O–H groups in total. The first-order valence-electron chi connectivity index (χ1n) is 7.23. The number of benzene rings is 2. The lowest BCUT2D eigenvalue weighted by Crippen LogP contribution is -2.06. The van der Waals surface area contributed by atoms with Crippen molar-refractivity contribution in [1.82, 2.24) is 0 Å². The molecule has 0 aliphatic heterocycles. The number of aliphatic hydroxyl groups is 1. The maximum Gasteiger partial charge on any atom is 0.197 e. The minimum Gasteiger partial charge on any atom is -0.508 e. The van der Waals surface area contributed by atoms with Gasteiger partial charge in [-0.05, 0) is 43.7 Å². The van der Waals surface area contributed by atoms with Gasteiger partial charge in [0, 0.05) is 26.0 Å². The molecule has 0 saturated carbocycles. The second-order valence-electron chi connectivity index (χ2n) is 5.59.